The van der Waals surface area contributed by atoms with Crippen LogP contribution in [0.2, 0.25) is 0 Å². The van der Waals surface area contributed by atoms with Crippen LogP contribution in [0, 0.1) is 6.92 Å². The third-order valence-electron chi connectivity index (χ3n) is 4.10. The van der Waals surface area contributed by atoms with Gasteiger partial charge in [0.05, 0.1) is 23.0 Å². The Kier molecular flexibility index (Phi) is 3.78. The summed E-state index contributed by atoms with van der Waals surface area (Å²) in [5.74, 6) is 0. The molecule has 0 aromatic carbocycles. The molecule has 122 valence electrons. The standard InChI is InChI=1S/C15H20N6OS/c1-11-13-14(19(2)18-11)17-15(23-13)20-6-4-8-22-12(9-20)10-21-7-3-5-16-21/h3,5,7,12H,4,6,8-10H2,1-2H3. The Balaban J connectivity index is 1.57. The van der Waals surface area contributed by atoms with Crippen molar-refractivity contribution in [3.8, 4) is 0 Å². The van der Waals surface area contributed by atoms with Crippen LogP contribution in [0.5, 0.6) is 0 Å². The average Bonchev–Trinajstić information content (AvgIpc) is 3.19. The molecule has 1 unspecified atom stereocenters. The largest absolute Gasteiger partial charge is 0.374 e. The molecule has 0 spiro atoms. The fourth-order valence-electron chi connectivity index (χ4n) is 3.01. The van der Waals surface area contributed by atoms with Crippen LogP contribution < -0.4 is 4.90 Å². The minimum absolute atomic E-state index is 0.128. The fourth-order valence-corrected chi connectivity index (χ4v) is 4.07. The van der Waals surface area contributed by atoms with Gasteiger partial charge in [-0.1, -0.05) is 11.3 Å². The highest BCUT2D eigenvalue weighted by Crippen LogP contribution is 2.31. The molecule has 3 aromatic heterocycles. The van der Waals surface area contributed by atoms with Gasteiger partial charge in [-0.2, -0.15) is 10.2 Å². The van der Waals surface area contributed by atoms with E-state index in [1.165, 1.54) is 4.70 Å². The van der Waals surface area contributed by atoms with Crippen molar-refractivity contribution in [3.05, 3.63) is 24.2 Å². The number of aryl methyl sites for hydroxylation is 2. The summed E-state index contributed by atoms with van der Waals surface area (Å²) in [5.41, 5.74) is 2.02. The molecule has 7 nitrogen and oxygen atoms in total. The second-order valence-electron chi connectivity index (χ2n) is 5.88. The van der Waals surface area contributed by atoms with Gasteiger partial charge in [0.1, 0.15) is 0 Å². The first-order valence-electron chi connectivity index (χ1n) is 7.85. The van der Waals surface area contributed by atoms with E-state index in [0.717, 1.165) is 49.1 Å². The van der Waals surface area contributed by atoms with Crippen LogP contribution >= 0.6 is 11.3 Å². The van der Waals surface area contributed by atoms with Gasteiger partial charge in [0.2, 0.25) is 0 Å². The smallest absolute Gasteiger partial charge is 0.188 e. The highest BCUT2D eigenvalue weighted by Gasteiger charge is 2.23. The van der Waals surface area contributed by atoms with Crippen molar-refractivity contribution in [3.63, 3.8) is 0 Å². The van der Waals surface area contributed by atoms with Gasteiger partial charge in [-0.25, -0.2) is 9.67 Å². The average molecular weight is 332 g/mol. The Hall–Kier alpha value is -1.93. The monoisotopic (exact) mass is 332 g/mol. The molecular formula is C15H20N6OS. The number of hydrogen-bond acceptors (Lipinski definition) is 6. The van der Waals surface area contributed by atoms with Gasteiger partial charge in [-0.05, 0) is 19.4 Å². The lowest BCUT2D eigenvalue weighted by atomic mass is 10.3. The van der Waals surface area contributed by atoms with E-state index in [1.54, 1.807) is 17.5 Å². The third kappa shape index (κ3) is 2.84. The number of rotatable bonds is 3. The molecule has 0 aliphatic carbocycles. The highest BCUT2D eigenvalue weighted by atomic mass is 32.1. The molecule has 3 aromatic rings. The zero-order chi connectivity index (χ0) is 15.8. The van der Waals surface area contributed by atoms with Crippen molar-refractivity contribution in [2.24, 2.45) is 7.05 Å². The molecule has 8 heteroatoms. The summed E-state index contributed by atoms with van der Waals surface area (Å²) in [7, 11) is 1.95. The molecule has 4 rings (SSSR count). The Labute approximate surface area is 138 Å². The maximum absolute atomic E-state index is 5.99. The normalized spacial score (nSPS) is 19.4. The zero-order valence-corrected chi connectivity index (χ0v) is 14.2. The summed E-state index contributed by atoms with van der Waals surface area (Å²) < 4.78 is 11.0. The quantitative estimate of drug-likeness (QED) is 0.732. The van der Waals surface area contributed by atoms with E-state index in [9.17, 15) is 0 Å². The summed E-state index contributed by atoms with van der Waals surface area (Å²) in [6, 6.07) is 1.94. The molecule has 1 aliphatic heterocycles. The van der Waals surface area contributed by atoms with Crippen molar-refractivity contribution in [1.29, 1.82) is 0 Å². The van der Waals surface area contributed by atoms with Gasteiger partial charge < -0.3 is 9.64 Å². The Morgan fingerprint density at radius 2 is 2.35 bits per heavy atom. The number of ether oxygens (including phenoxy) is 1. The molecular weight excluding hydrogens is 312 g/mol. The summed E-state index contributed by atoms with van der Waals surface area (Å²) in [6.45, 7) is 5.41. The molecule has 1 saturated heterocycles. The molecule has 23 heavy (non-hydrogen) atoms. The lowest BCUT2D eigenvalue weighted by molar-refractivity contribution is 0.0544. The number of aromatic nitrogens is 5. The van der Waals surface area contributed by atoms with Gasteiger partial charge in [0.15, 0.2) is 10.8 Å². The maximum atomic E-state index is 5.99. The van der Waals surface area contributed by atoms with E-state index in [4.69, 9.17) is 9.72 Å². The van der Waals surface area contributed by atoms with Crippen LogP contribution in [-0.2, 0) is 18.3 Å². The zero-order valence-electron chi connectivity index (χ0n) is 13.3. The van der Waals surface area contributed by atoms with Gasteiger partial charge >= 0.3 is 0 Å². The minimum Gasteiger partial charge on any atom is -0.374 e. The van der Waals surface area contributed by atoms with Gasteiger partial charge in [0.25, 0.3) is 0 Å². The van der Waals surface area contributed by atoms with Crippen LogP contribution in [-0.4, -0.2) is 50.3 Å². The second kappa shape index (κ2) is 5.93. The van der Waals surface area contributed by atoms with Crippen LogP contribution in [0.3, 0.4) is 0 Å². The first-order chi connectivity index (χ1) is 11.2. The van der Waals surface area contributed by atoms with E-state index < -0.39 is 0 Å². The van der Waals surface area contributed by atoms with Crippen molar-refractivity contribution < 1.29 is 4.74 Å². The lowest BCUT2D eigenvalue weighted by Gasteiger charge is -2.23. The maximum Gasteiger partial charge on any atom is 0.188 e. The summed E-state index contributed by atoms with van der Waals surface area (Å²) in [6.07, 6.45) is 4.93. The van der Waals surface area contributed by atoms with E-state index in [0.29, 0.717) is 0 Å². The molecule has 1 atom stereocenters. The van der Waals surface area contributed by atoms with Gasteiger partial charge in [-0.15, -0.1) is 0 Å². The predicted molar refractivity (Wildman–Crippen MR) is 89.9 cm³/mol. The molecule has 1 fully saturated rings. The topological polar surface area (TPSA) is 61.0 Å². The van der Waals surface area contributed by atoms with Crippen molar-refractivity contribution in [2.75, 3.05) is 24.6 Å². The molecule has 0 amide bonds. The van der Waals surface area contributed by atoms with Crippen LogP contribution in [0.25, 0.3) is 10.3 Å². The van der Waals surface area contributed by atoms with Crippen molar-refractivity contribution in [2.45, 2.75) is 26.0 Å². The van der Waals surface area contributed by atoms with Crippen molar-refractivity contribution in [1.82, 2.24) is 24.5 Å². The fraction of sp³-hybridized carbons (Fsp3) is 0.533. The van der Waals surface area contributed by atoms with Gasteiger partial charge in [0, 0.05) is 39.1 Å². The van der Waals surface area contributed by atoms with Crippen LogP contribution in [0.4, 0.5) is 5.13 Å². The Morgan fingerprint density at radius 1 is 1.43 bits per heavy atom. The van der Waals surface area contributed by atoms with E-state index in [2.05, 4.69) is 15.1 Å². The van der Waals surface area contributed by atoms with E-state index in [1.807, 2.05) is 35.6 Å². The summed E-state index contributed by atoms with van der Waals surface area (Å²) in [5, 5.41) is 9.77. The van der Waals surface area contributed by atoms with E-state index >= 15 is 0 Å². The van der Waals surface area contributed by atoms with Gasteiger partial charge in [-0.3, -0.25) is 4.68 Å². The minimum atomic E-state index is 0.128. The molecule has 0 bridgehead atoms. The predicted octanol–water partition coefficient (Wildman–Crippen LogP) is 1.83. The molecule has 0 N–H and O–H groups in total. The number of hydrogen-bond donors (Lipinski definition) is 0. The first kappa shape index (κ1) is 14.6. The van der Waals surface area contributed by atoms with Crippen LogP contribution in [0.15, 0.2) is 18.5 Å². The molecule has 1 aliphatic rings. The Morgan fingerprint density at radius 3 is 3.13 bits per heavy atom. The second-order valence-corrected chi connectivity index (χ2v) is 6.86. The first-order valence-corrected chi connectivity index (χ1v) is 8.66. The molecule has 4 heterocycles. The summed E-state index contributed by atoms with van der Waals surface area (Å²) in [4.78, 5) is 7.14. The highest BCUT2D eigenvalue weighted by molar-refractivity contribution is 7.22. The number of thiazole rings is 1. The number of anilines is 1. The molecule has 0 saturated carbocycles. The third-order valence-corrected chi connectivity index (χ3v) is 5.32. The summed E-state index contributed by atoms with van der Waals surface area (Å²) >= 11 is 1.72. The van der Waals surface area contributed by atoms with Crippen molar-refractivity contribution >= 4 is 26.8 Å². The number of fused-ring (bicyclic) bond motifs is 1. The number of nitrogens with zero attached hydrogens (tertiary/aromatic N) is 6. The van der Waals surface area contributed by atoms with E-state index in [-0.39, 0.29) is 6.10 Å². The lowest BCUT2D eigenvalue weighted by Crippen LogP contribution is -2.34. The molecule has 0 radical (unpaired) electrons. The SMILES string of the molecule is Cc1nn(C)c2nc(N3CCCOC(Cn4cccn4)C3)sc12. The van der Waals surface area contributed by atoms with Crippen LogP contribution in [0.1, 0.15) is 12.1 Å². The Bertz CT molecular complexity index is 758.